The molecule has 6 heteroatoms. The van der Waals surface area contributed by atoms with E-state index in [0.717, 1.165) is 17.0 Å². The van der Waals surface area contributed by atoms with E-state index in [1.54, 1.807) is 12.1 Å². The molecule has 0 unspecified atom stereocenters. The van der Waals surface area contributed by atoms with Gasteiger partial charge in [0.2, 0.25) is 0 Å². The van der Waals surface area contributed by atoms with Gasteiger partial charge in [0.15, 0.2) is 0 Å². The Morgan fingerprint density at radius 3 is 2.61 bits per heavy atom. The number of thiazole rings is 1. The van der Waals surface area contributed by atoms with Gasteiger partial charge in [-0.05, 0) is 25.0 Å². The lowest BCUT2D eigenvalue weighted by molar-refractivity contribution is 0.0895. The van der Waals surface area contributed by atoms with Crippen LogP contribution in [0.25, 0.3) is 10.6 Å². The maximum absolute atomic E-state index is 12.5. The third kappa shape index (κ3) is 4.31. The molecule has 23 heavy (non-hydrogen) atoms. The molecule has 1 aromatic heterocycles. The number of aromatic nitrogens is 1. The highest BCUT2D eigenvalue weighted by Gasteiger charge is 2.22. The number of rotatable bonds is 6. The summed E-state index contributed by atoms with van der Waals surface area (Å²) in [6.07, 6.45) is 0.892. The monoisotopic (exact) mass is 352 g/mol. The molecule has 0 spiro atoms. The predicted molar refractivity (Wildman–Crippen MR) is 95.1 cm³/mol. The average Bonchev–Trinajstić information content (AvgIpc) is 2.94. The van der Waals surface area contributed by atoms with Crippen molar-refractivity contribution in [3.8, 4) is 10.6 Å². The number of hydrogen-bond donors (Lipinski definition) is 2. The normalized spacial score (nSPS) is 13.6. The fourth-order valence-electron chi connectivity index (χ4n) is 2.21. The van der Waals surface area contributed by atoms with Crippen LogP contribution in [0.1, 0.15) is 35.6 Å². The number of aliphatic hydroxyl groups is 1. The number of aryl methyl sites for hydroxylation is 1. The molecular weight excluding hydrogens is 332 g/mol. The van der Waals surface area contributed by atoms with Crippen LogP contribution in [0.2, 0.25) is 5.02 Å². The van der Waals surface area contributed by atoms with Crippen LogP contribution in [0, 0.1) is 12.8 Å². The van der Waals surface area contributed by atoms with Gasteiger partial charge in [-0.3, -0.25) is 4.79 Å². The molecule has 0 aliphatic carbocycles. The molecule has 0 fully saturated rings. The zero-order valence-electron chi connectivity index (χ0n) is 13.5. The van der Waals surface area contributed by atoms with Crippen molar-refractivity contribution >= 4 is 28.8 Å². The summed E-state index contributed by atoms with van der Waals surface area (Å²) in [5, 5.41) is 13.8. The van der Waals surface area contributed by atoms with Crippen molar-refractivity contribution < 1.29 is 9.90 Å². The first-order valence-electron chi connectivity index (χ1n) is 7.61. The number of nitrogens with one attached hydrogen (secondary N) is 1. The van der Waals surface area contributed by atoms with Gasteiger partial charge in [0.25, 0.3) is 5.91 Å². The van der Waals surface area contributed by atoms with Crippen molar-refractivity contribution in [1.29, 1.82) is 0 Å². The smallest absolute Gasteiger partial charge is 0.263 e. The summed E-state index contributed by atoms with van der Waals surface area (Å²) in [5.41, 5.74) is 1.63. The molecule has 4 nitrogen and oxygen atoms in total. The molecule has 2 aromatic rings. The van der Waals surface area contributed by atoms with Crippen LogP contribution in [0.5, 0.6) is 0 Å². The maximum Gasteiger partial charge on any atom is 0.263 e. The van der Waals surface area contributed by atoms with E-state index in [-0.39, 0.29) is 24.5 Å². The molecule has 0 saturated carbocycles. The Hall–Kier alpha value is -1.43. The zero-order valence-corrected chi connectivity index (χ0v) is 15.0. The second-order valence-corrected chi connectivity index (χ2v) is 7.02. The van der Waals surface area contributed by atoms with Gasteiger partial charge in [-0.25, -0.2) is 4.98 Å². The van der Waals surface area contributed by atoms with E-state index < -0.39 is 0 Å². The lowest BCUT2D eigenvalue weighted by Crippen LogP contribution is -2.41. The van der Waals surface area contributed by atoms with E-state index in [1.165, 1.54) is 11.3 Å². The third-order valence-electron chi connectivity index (χ3n) is 3.94. The first-order valence-corrected chi connectivity index (χ1v) is 8.80. The second kappa shape index (κ2) is 7.90. The Bertz CT molecular complexity index is 670. The van der Waals surface area contributed by atoms with E-state index in [0.29, 0.717) is 15.6 Å². The van der Waals surface area contributed by atoms with Gasteiger partial charge in [0.1, 0.15) is 9.88 Å². The topological polar surface area (TPSA) is 62.2 Å². The van der Waals surface area contributed by atoms with Crippen molar-refractivity contribution in [2.75, 3.05) is 6.61 Å². The zero-order chi connectivity index (χ0) is 17.0. The minimum absolute atomic E-state index is 0.0668. The summed E-state index contributed by atoms with van der Waals surface area (Å²) in [4.78, 5) is 17.5. The quantitative estimate of drug-likeness (QED) is 0.828. The second-order valence-electron chi connectivity index (χ2n) is 5.59. The molecule has 124 valence electrons. The average molecular weight is 353 g/mol. The molecule has 0 aliphatic rings. The molecule has 0 aliphatic heterocycles. The van der Waals surface area contributed by atoms with Crippen LogP contribution in [0.4, 0.5) is 0 Å². The lowest BCUT2D eigenvalue weighted by Gasteiger charge is -2.21. The highest BCUT2D eigenvalue weighted by atomic mass is 35.5. The van der Waals surface area contributed by atoms with Crippen molar-refractivity contribution in [2.24, 2.45) is 5.92 Å². The summed E-state index contributed by atoms with van der Waals surface area (Å²) in [6.45, 7) is 5.81. The van der Waals surface area contributed by atoms with Crippen molar-refractivity contribution in [2.45, 2.75) is 33.2 Å². The molecular formula is C17H21ClN2O2S. The Labute approximate surface area is 145 Å². The minimum Gasteiger partial charge on any atom is -0.394 e. The molecule has 1 aromatic carbocycles. The fraction of sp³-hybridized carbons (Fsp3) is 0.412. The standard InChI is InChI=1S/C17H21ClN2O2S/c1-4-10(2)14(9-21)20-16(22)15-11(3)19-17(23-15)12-5-7-13(18)8-6-12/h5-8,10,14,21H,4,9H2,1-3H3,(H,20,22)/t10-,14-/m0/s1. The Kier molecular flexibility index (Phi) is 6.16. The van der Waals surface area contributed by atoms with Crippen LogP contribution in [-0.2, 0) is 0 Å². The maximum atomic E-state index is 12.5. The van der Waals surface area contributed by atoms with Crippen molar-refractivity contribution in [1.82, 2.24) is 10.3 Å². The largest absolute Gasteiger partial charge is 0.394 e. The number of halogens is 1. The van der Waals surface area contributed by atoms with Gasteiger partial charge in [-0.15, -0.1) is 11.3 Å². The molecule has 0 radical (unpaired) electrons. The fourth-order valence-corrected chi connectivity index (χ4v) is 3.31. The molecule has 2 rings (SSSR count). The van der Waals surface area contributed by atoms with Crippen LogP contribution in [0.15, 0.2) is 24.3 Å². The summed E-state index contributed by atoms with van der Waals surface area (Å²) < 4.78 is 0. The van der Waals surface area contributed by atoms with Gasteiger partial charge >= 0.3 is 0 Å². The lowest BCUT2D eigenvalue weighted by atomic mass is 10.00. The summed E-state index contributed by atoms with van der Waals surface area (Å²) in [6, 6.07) is 7.14. The van der Waals surface area contributed by atoms with E-state index in [4.69, 9.17) is 11.6 Å². The molecule has 1 heterocycles. The summed E-state index contributed by atoms with van der Waals surface area (Å²) >= 11 is 7.25. The highest BCUT2D eigenvalue weighted by molar-refractivity contribution is 7.17. The SMILES string of the molecule is CC[C@H](C)[C@H](CO)NC(=O)c1sc(-c2ccc(Cl)cc2)nc1C. The van der Waals surface area contributed by atoms with Crippen molar-refractivity contribution in [3.05, 3.63) is 39.9 Å². The van der Waals surface area contributed by atoms with E-state index in [1.807, 2.05) is 32.9 Å². The van der Waals surface area contributed by atoms with Crippen LogP contribution < -0.4 is 5.32 Å². The van der Waals surface area contributed by atoms with Gasteiger partial charge in [-0.2, -0.15) is 0 Å². The Morgan fingerprint density at radius 2 is 2.04 bits per heavy atom. The van der Waals surface area contributed by atoms with Crippen LogP contribution in [0.3, 0.4) is 0 Å². The van der Waals surface area contributed by atoms with Gasteiger partial charge in [0, 0.05) is 10.6 Å². The number of carbonyl (C=O) groups excluding carboxylic acids is 1. The molecule has 0 saturated heterocycles. The molecule has 2 N–H and O–H groups in total. The van der Waals surface area contributed by atoms with Crippen LogP contribution in [-0.4, -0.2) is 28.6 Å². The van der Waals surface area contributed by atoms with Gasteiger partial charge in [-0.1, -0.05) is 44.0 Å². The number of amides is 1. The number of carbonyl (C=O) groups is 1. The molecule has 1 amide bonds. The number of benzene rings is 1. The van der Waals surface area contributed by atoms with E-state index in [9.17, 15) is 9.90 Å². The van der Waals surface area contributed by atoms with Crippen LogP contribution >= 0.6 is 22.9 Å². The first-order chi connectivity index (χ1) is 11.0. The third-order valence-corrected chi connectivity index (χ3v) is 5.40. The Balaban J connectivity index is 2.20. The minimum atomic E-state index is -0.243. The number of hydrogen-bond acceptors (Lipinski definition) is 4. The van der Waals surface area contributed by atoms with E-state index in [2.05, 4.69) is 10.3 Å². The first kappa shape index (κ1) is 17.9. The van der Waals surface area contributed by atoms with Gasteiger partial charge < -0.3 is 10.4 Å². The molecule has 2 atom stereocenters. The van der Waals surface area contributed by atoms with Gasteiger partial charge in [0.05, 0.1) is 18.3 Å². The van der Waals surface area contributed by atoms with Crippen molar-refractivity contribution in [3.63, 3.8) is 0 Å². The summed E-state index contributed by atoms with van der Waals surface area (Å²) in [5.74, 6) is 0.0347. The summed E-state index contributed by atoms with van der Waals surface area (Å²) in [7, 11) is 0. The number of aliphatic hydroxyl groups excluding tert-OH is 1. The Morgan fingerprint density at radius 1 is 1.39 bits per heavy atom. The van der Waals surface area contributed by atoms with E-state index >= 15 is 0 Å². The highest BCUT2D eigenvalue weighted by Crippen LogP contribution is 2.29. The number of nitrogens with zero attached hydrogens (tertiary/aromatic N) is 1. The molecule has 0 bridgehead atoms. The predicted octanol–water partition coefficient (Wildman–Crippen LogP) is 3.91.